The maximum absolute atomic E-state index is 13.8. The van der Waals surface area contributed by atoms with Crippen molar-refractivity contribution in [1.29, 1.82) is 0 Å². The normalized spacial score (nSPS) is 15.0. The molecule has 0 atom stereocenters. The predicted octanol–water partition coefficient (Wildman–Crippen LogP) is 1.98. The van der Waals surface area contributed by atoms with E-state index in [-0.39, 0.29) is 24.2 Å². The molecule has 3 aromatic rings. The quantitative estimate of drug-likeness (QED) is 0.714. The zero-order valence-corrected chi connectivity index (χ0v) is 16.2. The van der Waals surface area contributed by atoms with Gasteiger partial charge < -0.3 is 19.2 Å². The second-order valence-electron chi connectivity index (χ2n) is 7.19. The van der Waals surface area contributed by atoms with Crippen molar-refractivity contribution < 1.29 is 18.4 Å². The molecule has 1 saturated heterocycles. The number of benzene rings is 1. The molecule has 1 aromatic carbocycles. The lowest BCUT2D eigenvalue weighted by Gasteiger charge is -2.34. The lowest BCUT2D eigenvalue weighted by Crippen LogP contribution is -2.51. The largest absolute Gasteiger partial charge is 0.463 e. The van der Waals surface area contributed by atoms with Crippen LogP contribution in [-0.4, -0.2) is 58.9 Å². The average Bonchev–Trinajstić information content (AvgIpc) is 3.31. The second kappa shape index (κ2) is 8.08. The molecule has 4 rings (SSSR count). The van der Waals surface area contributed by atoms with E-state index < -0.39 is 0 Å². The molecule has 2 aromatic heterocycles. The molecule has 152 valence electrons. The third kappa shape index (κ3) is 4.02. The highest BCUT2D eigenvalue weighted by molar-refractivity contribution is 5.99. The summed E-state index contributed by atoms with van der Waals surface area (Å²) in [6, 6.07) is 10.2. The van der Waals surface area contributed by atoms with Gasteiger partial charge in [0.15, 0.2) is 5.58 Å². The van der Waals surface area contributed by atoms with Crippen LogP contribution in [0.2, 0.25) is 0 Å². The number of nitrogens with one attached hydrogen (secondary N) is 1. The number of fused-ring (bicyclic) bond motifs is 1. The first-order valence-electron chi connectivity index (χ1n) is 9.57. The molecule has 3 heterocycles. The summed E-state index contributed by atoms with van der Waals surface area (Å²) in [7, 11) is 1.78. The first-order valence-corrected chi connectivity index (χ1v) is 9.57. The van der Waals surface area contributed by atoms with Gasteiger partial charge in [-0.25, -0.2) is 4.39 Å². The fraction of sp³-hybridized carbons (Fsp3) is 0.333. The van der Waals surface area contributed by atoms with E-state index in [1.54, 1.807) is 47.0 Å². The Morgan fingerprint density at radius 2 is 1.90 bits per heavy atom. The Hall–Kier alpha value is -3.13. The summed E-state index contributed by atoms with van der Waals surface area (Å²) in [5, 5.41) is 2.69. The summed E-state index contributed by atoms with van der Waals surface area (Å²) in [6.07, 6.45) is 1.57. The van der Waals surface area contributed by atoms with Crippen molar-refractivity contribution in [3.63, 3.8) is 0 Å². The lowest BCUT2D eigenvalue weighted by molar-refractivity contribution is -0.131. The number of nitrogens with zero attached hydrogens (tertiary/aromatic N) is 3. The maximum Gasteiger partial charge on any atom is 0.268 e. The maximum atomic E-state index is 13.8. The molecule has 1 N–H and O–H groups in total. The molecular formula is C21H23FN4O3. The molecule has 1 aliphatic rings. The van der Waals surface area contributed by atoms with Crippen LogP contribution in [0.15, 0.2) is 47.1 Å². The van der Waals surface area contributed by atoms with E-state index in [9.17, 15) is 14.0 Å². The summed E-state index contributed by atoms with van der Waals surface area (Å²) in [5.74, 6) is -0.645. The molecule has 0 saturated carbocycles. The van der Waals surface area contributed by atoms with Crippen molar-refractivity contribution in [2.24, 2.45) is 7.05 Å². The van der Waals surface area contributed by atoms with Gasteiger partial charge in [-0.2, -0.15) is 0 Å². The number of rotatable bonds is 5. The number of hydrogen-bond acceptors (Lipinski definition) is 4. The number of furan rings is 1. The minimum Gasteiger partial charge on any atom is -0.463 e. The van der Waals surface area contributed by atoms with Gasteiger partial charge in [-0.3, -0.25) is 14.5 Å². The van der Waals surface area contributed by atoms with Gasteiger partial charge in [-0.15, -0.1) is 0 Å². The Morgan fingerprint density at radius 1 is 1.14 bits per heavy atom. The molecule has 1 fully saturated rings. The summed E-state index contributed by atoms with van der Waals surface area (Å²) in [5.41, 5.74) is 2.57. The van der Waals surface area contributed by atoms with Crippen LogP contribution in [0.4, 0.5) is 4.39 Å². The van der Waals surface area contributed by atoms with Gasteiger partial charge in [0, 0.05) is 57.5 Å². The van der Waals surface area contributed by atoms with Crippen molar-refractivity contribution in [3.8, 4) is 0 Å². The predicted molar refractivity (Wildman–Crippen MR) is 106 cm³/mol. The number of carbonyl (C=O) groups excluding carboxylic acids is 2. The standard InChI is InChI=1S/C21H23FN4O3/c1-24-17-6-11-29-19(17)12-18(24)21(28)23-13-20(27)26-9-7-25(8-10-26)14-15-4-2-3-5-16(15)22/h2-6,11-12H,7-10,13-14H2,1H3,(H,23,28). The van der Waals surface area contributed by atoms with Crippen LogP contribution in [0.3, 0.4) is 0 Å². The van der Waals surface area contributed by atoms with Crippen molar-refractivity contribution in [2.75, 3.05) is 32.7 Å². The van der Waals surface area contributed by atoms with Crippen molar-refractivity contribution >= 4 is 22.9 Å². The van der Waals surface area contributed by atoms with Gasteiger partial charge in [0.2, 0.25) is 5.91 Å². The van der Waals surface area contributed by atoms with Gasteiger partial charge in [-0.05, 0) is 6.07 Å². The number of aromatic nitrogens is 1. The van der Waals surface area contributed by atoms with Gasteiger partial charge in [0.05, 0.1) is 18.3 Å². The summed E-state index contributed by atoms with van der Waals surface area (Å²) >= 11 is 0. The molecule has 2 amide bonds. The fourth-order valence-electron chi connectivity index (χ4n) is 3.65. The molecule has 0 unspecified atom stereocenters. The molecule has 8 heteroatoms. The zero-order chi connectivity index (χ0) is 20.4. The van der Waals surface area contributed by atoms with Gasteiger partial charge in [0.1, 0.15) is 11.5 Å². The highest BCUT2D eigenvalue weighted by Crippen LogP contribution is 2.19. The van der Waals surface area contributed by atoms with Crippen LogP contribution in [-0.2, 0) is 18.4 Å². The number of amides is 2. The van der Waals surface area contributed by atoms with Crippen LogP contribution >= 0.6 is 0 Å². The van der Waals surface area contributed by atoms with Crippen LogP contribution in [0.1, 0.15) is 16.1 Å². The second-order valence-corrected chi connectivity index (χ2v) is 7.19. The Balaban J connectivity index is 1.26. The molecule has 0 radical (unpaired) electrons. The van der Waals surface area contributed by atoms with Gasteiger partial charge in [-0.1, -0.05) is 18.2 Å². The number of carbonyl (C=O) groups is 2. The Bertz CT molecular complexity index is 1030. The minimum absolute atomic E-state index is 0.0569. The Kier molecular flexibility index (Phi) is 5.35. The van der Waals surface area contributed by atoms with Crippen LogP contribution in [0.5, 0.6) is 0 Å². The van der Waals surface area contributed by atoms with E-state index in [0.29, 0.717) is 49.6 Å². The molecule has 1 aliphatic heterocycles. The summed E-state index contributed by atoms with van der Waals surface area (Å²) in [4.78, 5) is 28.7. The minimum atomic E-state index is -0.314. The van der Waals surface area contributed by atoms with Crippen LogP contribution < -0.4 is 5.32 Å². The highest BCUT2D eigenvalue weighted by atomic mass is 19.1. The third-order valence-electron chi connectivity index (χ3n) is 5.37. The van der Waals surface area contributed by atoms with Gasteiger partial charge >= 0.3 is 0 Å². The number of aryl methyl sites for hydroxylation is 1. The van der Waals surface area contributed by atoms with Gasteiger partial charge in [0.25, 0.3) is 5.91 Å². The number of hydrogen-bond donors (Lipinski definition) is 1. The lowest BCUT2D eigenvalue weighted by atomic mass is 10.2. The number of piperazine rings is 1. The Morgan fingerprint density at radius 3 is 2.62 bits per heavy atom. The Labute approximate surface area is 167 Å². The van der Waals surface area contributed by atoms with E-state index in [1.807, 2.05) is 6.07 Å². The third-order valence-corrected chi connectivity index (χ3v) is 5.37. The molecule has 0 bridgehead atoms. The topological polar surface area (TPSA) is 70.7 Å². The summed E-state index contributed by atoms with van der Waals surface area (Å²) < 4.78 is 20.8. The van der Waals surface area contributed by atoms with Crippen molar-refractivity contribution in [3.05, 3.63) is 59.7 Å². The zero-order valence-electron chi connectivity index (χ0n) is 16.2. The monoisotopic (exact) mass is 398 g/mol. The molecular weight excluding hydrogens is 375 g/mol. The first-order chi connectivity index (χ1) is 14.0. The SMILES string of the molecule is Cn1c(C(=O)NCC(=O)N2CCN(Cc3ccccc3F)CC2)cc2occc21. The summed E-state index contributed by atoms with van der Waals surface area (Å²) in [6.45, 7) is 2.92. The van der Waals surface area contributed by atoms with Crippen molar-refractivity contribution in [1.82, 2.24) is 19.7 Å². The molecule has 0 spiro atoms. The fourth-order valence-corrected chi connectivity index (χ4v) is 3.65. The van der Waals surface area contributed by atoms with Crippen LogP contribution in [0, 0.1) is 5.82 Å². The molecule has 0 aliphatic carbocycles. The first kappa shape index (κ1) is 19.2. The number of halogens is 1. The van der Waals surface area contributed by atoms with Crippen molar-refractivity contribution in [2.45, 2.75) is 6.54 Å². The average molecular weight is 398 g/mol. The van der Waals surface area contributed by atoms with E-state index >= 15 is 0 Å². The highest BCUT2D eigenvalue weighted by Gasteiger charge is 2.23. The smallest absolute Gasteiger partial charge is 0.268 e. The van der Waals surface area contributed by atoms with E-state index in [1.165, 1.54) is 6.07 Å². The molecule has 29 heavy (non-hydrogen) atoms. The van der Waals surface area contributed by atoms with E-state index in [4.69, 9.17) is 4.42 Å². The van der Waals surface area contributed by atoms with Crippen LogP contribution in [0.25, 0.3) is 11.1 Å². The molecule has 7 nitrogen and oxygen atoms in total. The van der Waals surface area contributed by atoms with E-state index in [0.717, 1.165) is 5.52 Å². The van der Waals surface area contributed by atoms with E-state index in [2.05, 4.69) is 10.2 Å².